The highest BCUT2D eigenvalue weighted by molar-refractivity contribution is 14.1. The number of hydrogen-bond acceptors (Lipinski definition) is 2. The first kappa shape index (κ1) is 8.50. The standard InChI is InChI=1S/C8H11IN2O/c1-5-8(9)6(2)11(10-5)7-3-12-4-7/h7H,3-4H2,1-2H3. The summed E-state index contributed by atoms with van der Waals surface area (Å²) >= 11 is 2.34. The summed E-state index contributed by atoms with van der Waals surface area (Å²) in [6.45, 7) is 5.79. The van der Waals surface area contributed by atoms with Gasteiger partial charge in [0.1, 0.15) is 0 Å². The van der Waals surface area contributed by atoms with Crippen molar-refractivity contribution in [1.29, 1.82) is 0 Å². The average Bonchev–Trinajstić information content (AvgIpc) is 2.15. The van der Waals surface area contributed by atoms with Gasteiger partial charge in [0.15, 0.2) is 0 Å². The molecule has 0 bridgehead atoms. The molecule has 4 heteroatoms. The summed E-state index contributed by atoms with van der Waals surface area (Å²) in [6.07, 6.45) is 0. The summed E-state index contributed by atoms with van der Waals surface area (Å²) in [5.41, 5.74) is 2.39. The molecule has 2 heterocycles. The van der Waals surface area contributed by atoms with Gasteiger partial charge in [0.25, 0.3) is 0 Å². The van der Waals surface area contributed by atoms with E-state index in [0.29, 0.717) is 6.04 Å². The summed E-state index contributed by atoms with van der Waals surface area (Å²) < 4.78 is 8.49. The van der Waals surface area contributed by atoms with Crippen LogP contribution in [0.4, 0.5) is 0 Å². The third kappa shape index (κ3) is 1.17. The number of aromatic nitrogens is 2. The first-order valence-electron chi connectivity index (χ1n) is 3.99. The van der Waals surface area contributed by atoms with Crippen LogP contribution in [0.25, 0.3) is 0 Å². The molecule has 0 saturated carbocycles. The van der Waals surface area contributed by atoms with E-state index in [4.69, 9.17) is 4.74 Å². The van der Waals surface area contributed by atoms with Crippen molar-refractivity contribution >= 4 is 22.6 Å². The molecule has 0 atom stereocenters. The van der Waals surface area contributed by atoms with E-state index in [-0.39, 0.29) is 0 Å². The van der Waals surface area contributed by atoms with Gasteiger partial charge in [-0.3, -0.25) is 4.68 Å². The molecule has 1 fully saturated rings. The molecule has 0 N–H and O–H groups in total. The van der Waals surface area contributed by atoms with Crippen LogP contribution in [-0.4, -0.2) is 23.0 Å². The van der Waals surface area contributed by atoms with Gasteiger partial charge >= 0.3 is 0 Å². The molecule has 0 aromatic carbocycles. The molecule has 0 aliphatic carbocycles. The van der Waals surface area contributed by atoms with Crippen LogP contribution in [0.15, 0.2) is 0 Å². The Bertz CT molecular complexity index is 304. The Balaban J connectivity index is 2.36. The van der Waals surface area contributed by atoms with Crippen LogP contribution in [0, 0.1) is 17.4 Å². The van der Waals surface area contributed by atoms with Crippen LogP contribution in [0.5, 0.6) is 0 Å². The lowest BCUT2D eigenvalue weighted by atomic mass is 10.2. The van der Waals surface area contributed by atoms with E-state index in [1.54, 1.807) is 0 Å². The second kappa shape index (κ2) is 2.99. The van der Waals surface area contributed by atoms with Gasteiger partial charge in [0.05, 0.1) is 28.5 Å². The van der Waals surface area contributed by atoms with Gasteiger partial charge in [-0.2, -0.15) is 5.10 Å². The van der Waals surface area contributed by atoms with Crippen molar-refractivity contribution in [2.75, 3.05) is 13.2 Å². The van der Waals surface area contributed by atoms with Crippen molar-refractivity contribution in [2.45, 2.75) is 19.9 Å². The predicted molar refractivity (Wildman–Crippen MR) is 54.3 cm³/mol. The largest absolute Gasteiger partial charge is 0.377 e. The molecule has 0 amide bonds. The third-order valence-electron chi connectivity index (χ3n) is 2.20. The molecule has 1 aromatic heterocycles. The van der Waals surface area contributed by atoms with Crippen LogP contribution in [0.1, 0.15) is 17.4 Å². The molecular formula is C8H11IN2O. The number of hydrogen-bond donors (Lipinski definition) is 0. The fourth-order valence-electron chi connectivity index (χ4n) is 1.36. The van der Waals surface area contributed by atoms with E-state index in [0.717, 1.165) is 18.9 Å². The topological polar surface area (TPSA) is 27.1 Å². The number of ether oxygens (including phenoxy) is 1. The first-order valence-corrected chi connectivity index (χ1v) is 5.07. The number of aryl methyl sites for hydroxylation is 1. The summed E-state index contributed by atoms with van der Waals surface area (Å²) in [6, 6.07) is 0.479. The molecular weight excluding hydrogens is 267 g/mol. The van der Waals surface area contributed by atoms with E-state index in [1.165, 1.54) is 9.26 Å². The van der Waals surface area contributed by atoms with Crippen molar-refractivity contribution in [3.8, 4) is 0 Å². The molecule has 66 valence electrons. The zero-order valence-corrected chi connectivity index (χ0v) is 9.33. The van der Waals surface area contributed by atoms with E-state index >= 15 is 0 Å². The Hall–Kier alpha value is -0.100. The van der Waals surface area contributed by atoms with Gasteiger partial charge in [-0.15, -0.1) is 0 Å². The Labute approximate surface area is 85.2 Å². The SMILES string of the molecule is Cc1nn(C2COC2)c(C)c1I. The lowest BCUT2D eigenvalue weighted by Crippen LogP contribution is -2.32. The van der Waals surface area contributed by atoms with Gasteiger partial charge in [0, 0.05) is 5.69 Å². The van der Waals surface area contributed by atoms with Crippen LogP contribution in [0.2, 0.25) is 0 Å². The first-order chi connectivity index (χ1) is 5.70. The van der Waals surface area contributed by atoms with Crippen molar-refractivity contribution in [3.63, 3.8) is 0 Å². The summed E-state index contributed by atoms with van der Waals surface area (Å²) in [5, 5.41) is 4.46. The lowest BCUT2D eigenvalue weighted by Gasteiger charge is -2.27. The summed E-state index contributed by atoms with van der Waals surface area (Å²) in [7, 11) is 0. The van der Waals surface area contributed by atoms with Crippen LogP contribution in [0.3, 0.4) is 0 Å². The van der Waals surface area contributed by atoms with E-state index in [9.17, 15) is 0 Å². The zero-order valence-electron chi connectivity index (χ0n) is 7.17. The third-order valence-corrected chi connectivity index (χ3v) is 3.76. The molecule has 0 spiro atoms. The van der Waals surface area contributed by atoms with Crippen molar-refractivity contribution in [3.05, 3.63) is 15.0 Å². The molecule has 12 heavy (non-hydrogen) atoms. The van der Waals surface area contributed by atoms with E-state index in [2.05, 4.69) is 39.3 Å². The fourth-order valence-corrected chi connectivity index (χ4v) is 1.72. The zero-order chi connectivity index (χ0) is 8.72. The van der Waals surface area contributed by atoms with Gasteiger partial charge in [-0.05, 0) is 36.4 Å². The molecule has 1 aliphatic rings. The summed E-state index contributed by atoms with van der Waals surface area (Å²) in [5.74, 6) is 0. The van der Waals surface area contributed by atoms with Gasteiger partial charge < -0.3 is 4.74 Å². The van der Waals surface area contributed by atoms with Crippen molar-refractivity contribution < 1.29 is 4.74 Å². The molecule has 1 aromatic rings. The Morgan fingerprint density at radius 3 is 2.50 bits per heavy atom. The maximum atomic E-state index is 5.13. The highest BCUT2D eigenvalue weighted by Crippen LogP contribution is 2.23. The smallest absolute Gasteiger partial charge is 0.0989 e. The quantitative estimate of drug-likeness (QED) is 0.731. The Morgan fingerprint density at radius 2 is 2.17 bits per heavy atom. The number of halogens is 1. The molecule has 2 rings (SSSR count). The maximum Gasteiger partial charge on any atom is 0.0989 e. The van der Waals surface area contributed by atoms with Crippen molar-refractivity contribution in [2.24, 2.45) is 0 Å². The fraction of sp³-hybridized carbons (Fsp3) is 0.625. The second-order valence-corrected chi connectivity index (χ2v) is 4.20. The van der Waals surface area contributed by atoms with Gasteiger partial charge in [-0.25, -0.2) is 0 Å². The van der Waals surface area contributed by atoms with Crippen LogP contribution < -0.4 is 0 Å². The van der Waals surface area contributed by atoms with Crippen LogP contribution >= 0.6 is 22.6 Å². The summed E-state index contributed by atoms with van der Waals surface area (Å²) in [4.78, 5) is 0. The lowest BCUT2D eigenvalue weighted by molar-refractivity contribution is -0.0296. The average molecular weight is 278 g/mol. The monoisotopic (exact) mass is 278 g/mol. The normalized spacial score (nSPS) is 17.9. The second-order valence-electron chi connectivity index (χ2n) is 3.12. The highest BCUT2D eigenvalue weighted by Gasteiger charge is 2.24. The predicted octanol–water partition coefficient (Wildman–Crippen LogP) is 1.68. The minimum atomic E-state index is 0.479. The minimum Gasteiger partial charge on any atom is -0.377 e. The van der Waals surface area contributed by atoms with Gasteiger partial charge in [0.2, 0.25) is 0 Å². The molecule has 0 unspecified atom stereocenters. The number of nitrogens with zero attached hydrogens (tertiary/aromatic N) is 2. The highest BCUT2D eigenvalue weighted by atomic mass is 127. The number of rotatable bonds is 1. The maximum absolute atomic E-state index is 5.13. The Morgan fingerprint density at radius 1 is 1.50 bits per heavy atom. The Kier molecular flexibility index (Phi) is 2.12. The van der Waals surface area contributed by atoms with Gasteiger partial charge in [-0.1, -0.05) is 0 Å². The van der Waals surface area contributed by atoms with E-state index < -0.39 is 0 Å². The molecule has 1 aliphatic heterocycles. The molecule has 1 saturated heterocycles. The molecule has 3 nitrogen and oxygen atoms in total. The van der Waals surface area contributed by atoms with Crippen molar-refractivity contribution in [1.82, 2.24) is 9.78 Å². The van der Waals surface area contributed by atoms with E-state index in [1.807, 2.05) is 6.92 Å². The molecule has 0 radical (unpaired) electrons. The minimum absolute atomic E-state index is 0.479. The van der Waals surface area contributed by atoms with Crippen LogP contribution in [-0.2, 0) is 4.74 Å².